The van der Waals surface area contributed by atoms with Crippen LogP contribution >= 0.6 is 0 Å². The fourth-order valence-electron chi connectivity index (χ4n) is 4.25. The summed E-state index contributed by atoms with van der Waals surface area (Å²) >= 11 is 0. The molecule has 0 saturated carbocycles. The second-order valence-corrected chi connectivity index (χ2v) is 8.72. The number of ether oxygens (including phenoxy) is 2. The molecule has 0 aromatic heterocycles. The van der Waals surface area contributed by atoms with Crippen LogP contribution in [-0.2, 0) is 9.47 Å². The Morgan fingerprint density at radius 3 is 2.31 bits per heavy atom. The van der Waals surface area contributed by atoms with Gasteiger partial charge in [-0.3, -0.25) is 9.80 Å². The van der Waals surface area contributed by atoms with Crippen molar-refractivity contribution in [1.29, 1.82) is 0 Å². The molecule has 0 N–H and O–H groups in total. The largest absolute Gasteiger partial charge is 0.444 e. The van der Waals surface area contributed by atoms with E-state index >= 15 is 0 Å². The summed E-state index contributed by atoms with van der Waals surface area (Å²) in [6.07, 6.45) is 4.25. The van der Waals surface area contributed by atoms with Crippen molar-refractivity contribution in [3.05, 3.63) is 0 Å². The second-order valence-electron chi connectivity index (χ2n) is 8.72. The molecule has 26 heavy (non-hydrogen) atoms. The van der Waals surface area contributed by atoms with Crippen LogP contribution in [0, 0.1) is 0 Å². The van der Waals surface area contributed by atoms with E-state index < -0.39 is 5.60 Å². The van der Waals surface area contributed by atoms with Crippen molar-refractivity contribution in [3.63, 3.8) is 0 Å². The lowest BCUT2D eigenvalue weighted by Crippen LogP contribution is -2.57. The molecule has 2 heterocycles. The van der Waals surface area contributed by atoms with Crippen LogP contribution in [0.2, 0.25) is 0 Å². The highest BCUT2D eigenvalue weighted by Crippen LogP contribution is 2.33. The molecular weight excluding hydrogens is 330 g/mol. The number of hydrogen-bond donors (Lipinski definition) is 0. The molecule has 0 spiro atoms. The summed E-state index contributed by atoms with van der Waals surface area (Å²) in [6.45, 7) is 16.0. The quantitative estimate of drug-likeness (QED) is 0.746. The van der Waals surface area contributed by atoms with Gasteiger partial charge in [0.25, 0.3) is 0 Å². The fraction of sp³-hybridized carbons (Fsp3) is 0.950. The minimum absolute atomic E-state index is 0.159. The smallest absolute Gasteiger partial charge is 0.410 e. The minimum atomic E-state index is -0.427. The number of rotatable bonds is 5. The third kappa shape index (κ3) is 5.83. The average Bonchev–Trinajstić information content (AvgIpc) is 2.82. The molecule has 1 atom stereocenters. The van der Waals surface area contributed by atoms with Gasteiger partial charge in [0.2, 0.25) is 0 Å². The van der Waals surface area contributed by atoms with Gasteiger partial charge in [-0.2, -0.15) is 0 Å². The molecule has 2 saturated heterocycles. The third-order valence-electron chi connectivity index (χ3n) is 5.88. The first-order valence-corrected chi connectivity index (χ1v) is 10.2. The summed E-state index contributed by atoms with van der Waals surface area (Å²) in [5.41, 5.74) is -0.201. The molecule has 2 aliphatic rings. The summed E-state index contributed by atoms with van der Waals surface area (Å²) < 4.78 is 10.8. The van der Waals surface area contributed by atoms with Gasteiger partial charge in [-0.05, 0) is 46.5 Å². The van der Waals surface area contributed by atoms with Gasteiger partial charge < -0.3 is 14.4 Å². The Labute approximate surface area is 159 Å². The van der Waals surface area contributed by atoms with Crippen molar-refractivity contribution >= 4 is 6.09 Å². The molecule has 0 aromatic rings. The van der Waals surface area contributed by atoms with E-state index in [1.54, 1.807) is 7.11 Å². The zero-order valence-corrected chi connectivity index (χ0v) is 17.6. The minimum Gasteiger partial charge on any atom is -0.444 e. The monoisotopic (exact) mass is 369 g/mol. The molecule has 2 rings (SSSR count). The highest BCUT2D eigenvalue weighted by atomic mass is 16.6. The maximum absolute atomic E-state index is 12.5. The molecule has 152 valence electrons. The van der Waals surface area contributed by atoms with Crippen molar-refractivity contribution in [2.45, 2.75) is 64.5 Å². The van der Waals surface area contributed by atoms with Crippen LogP contribution in [0.25, 0.3) is 0 Å². The van der Waals surface area contributed by atoms with E-state index in [0.29, 0.717) is 0 Å². The van der Waals surface area contributed by atoms with Gasteiger partial charge >= 0.3 is 6.09 Å². The highest BCUT2D eigenvalue weighted by Gasteiger charge is 2.39. The molecule has 6 nitrogen and oxygen atoms in total. The van der Waals surface area contributed by atoms with E-state index in [1.165, 1.54) is 6.42 Å². The Morgan fingerprint density at radius 2 is 1.73 bits per heavy atom. The summed E-state index contributed by atoms with van der Waals surface area (Å²) in [6, 6.07) is 0. The van der Waals surface area contributed by atoms with Gasteiger partial charge in [-0.1, -0.05) is 6.92 Å². The SMILES string of the molecule is CCC1(N2CCN(CCOC)CC2)CCCN(C(=O)OC(C)(C)C)CC1. The summed E-state index contributed by atoms with van der Waals surface area (Å²) in [4.78, 5) is 19.6. The Hall–Kier alpha value is -0.850. The maximum Gasteiger partial charge on any atom is 0.410 e. The van der Waals surface area contributed by atoms with E-state index in [1.807, 2.05) is 25.7 Å². The van der Waals surface area contributed by atoms with E-state index in [4.69, 9.17) is 9.47 Å². The number of nitrogens with zero attached hydrogens (tertiary/aromatic N) is 3. The van der Waals surface area contributed by atoms with Gasteiger partial charge in [0.15, 0.2) is 0 Å². The molecule has 0 aromatic carbocycles. The summed E-state index contributed by atoms with van der Waals surface area (Å²) in [7, 11) is 1.77. The number of amides is 1. The first-order valence-electron chi connectivity index (χ1n) is 10.2. The first-order chi connectivity index (χ1) is 12.3. The van der Waals surface area contributed by atoms with Crippen LogP contribution in [0.1, 0.15) is 53.4 Å². The Bertz CT molecular complexity index is 444. The molecule has 2 aliphatic heterocycles. The number of methoxy groups -OCH3 is 1. The zero-order chi connectivity index (χ0) is 19.2. The number of carbonyl (C=O) groups excluding carboxylic acids is 1. The van der Waals surface area contributed by atoms with E-state index in [-0.39, 0.29) is 11.6 Å². The fourth-order valence-corrected chi connectivity index (χ4v) is 4.25. The van der Waals surface area contributed by atoms with E-state index in [0.717, 1.165) is 71.7 Å². The Kier molecular flexibility index (Phi) is 7.74. The van der Waals surface area contributed by atoms with Crippen molar-refractivity contribution in [3.8, 4) is 0 Å². The van der Waals surface area contributed by atoms with Gasteiger partial charge in [0, 0.05) is 58.5 Å². The molecule has 6 heteroatoms. The predicted octanol–water partition coefficient (Wildman–Crippen LogP) is 2.82. The molecule has 0 bridgehead atoms. The van der Waals surface area contributed by atoms with E-state index in [9.17, 15) is 4.79 Å². The molecule has 2 fully saturated rings. The van der Waals surface area contributed by atoms with Crippen molar-refractivity contribution in [1.82, 2.24) is 14.7 Å². The zero-order valence-electron chi connectivity index (χ0n) is 17.6. The first kappa shape index (κ1) is 21.5. The van der Waals surface area contributed by atoms with Crippen LogP contribution in [0.5, 0.6) is 0 Å². The molecule has 0 radical (unpaired) electrons. The van der Waals surface area contributed by atoms with Gasteiger partial charge in [-0.25, -0.2) is 4.79 Å². The van der Waals surface area contributed by atoms with Crippen LogP contribution in [0.15, 0.2) is 0 Å². The van der Waals surface area contributed by atoms with Crippen LogP contribution in [0.4, 0.5) is 4.79 Å². The van der Waals surface area contributed by atoms with E-state index in [2.05, 4.69) is 16.7 Å². The lowest BCUT2D eigenvalue weighted by molar-refractivity contribution is 0.00888. The number of hydrogen-bond acceptors (Lipinski definition) is 5. The maximum atomic E-state index is 12.5. The van der Waals surface area contributed by atoms with Crippen molar-refractivity contribution < 1.29 is 14.3 Å². The van der Waals surface area contributed by atoms with Crippen LogP contribution < -0.4 is 0 Å². The normalized spacial score (nSPS) is 26.6. The van der Waals surface area contributed by atoms with Gasteiger partial charge in [0.1, 0.15) is 5.60 Å². The predicted molar refractivity (Wildman–Crippen MR) is 105 cm³/mol. The molecule has 0 aliphatic carbocycles. The highest BCUT2D eigenvalue weighted by molar-refractivity contribution is 5.68. The van der Waals surface area contributed by atoms with Crippen molar-refractivity contribution in [2.24, 2.45) is 0 Å². The lowest BCUT2D eigenvalue weighted by Gasteiger charge is -2.47. The Balaban J connectivity index is 1.92. The third-order valence-corrected chi connectivity index (χ3v) is 5.88. The summed E-state index contributed by atoms with van der Waals surface area (Å²) in [5, 5.41) is 0. The van der Waals surface area contributed by atoms with Crippen LogP contribution in [0.3, 0.4) is 0 Å². The second kappa shape index (κ2) is 9.38. The topological polar surface area (TPSA) is 45.2 Å². The van der Waals surface area contributed by atoms with Crippen molar-refractivity contribution in [2.75, 3.05) is 59.5 Å². The Morgan fingerprint density at radius 1 is 1.04 bits per heavy atom. The standard InChI is InChI=1S/C20H39N3O3/c1-6-20(23-14-12-21(13-15-23)16-17-25-5)8-7-10-22(11-9-20)18(24)26-19(2,3)4/h6-17H2,1-5H3. The lowest BCUT2D eigenvalue weighted by atomic mass is 9.85. The number of piperazine rings is 1. The van der Waals surface area contributed by atoms with Gasteiger partial charge in [0.05, 0.1) is 6.61 Å². The van der Waals surface area contributed by atoms with Crippen LogP contribution in [-0.4, -0.2) is 91.5 Å². The van der Waals surface area contributed by atoms with Gasteiger partial charge in [-0.15, -0.1) is 0 Å². The number of likely N-dealkylation sites (tertiary alicyclic amines) is 1. The molecule has 1 unspecified atom stereocenters. The number of carbonyl (C=O) groups is 1. The summed E-state index contributed by atoms with van der Waals surface area (Å²) in [5.74, 6) is 0. The molecular formula is C20H39N3O3. The molecule has 1 amide bonds. The average molecular weight is 370 g/mol.